The zero-order valence-corrected chi connectivity index (χ0v) is 12.0. The van der Waals surface area contributed by atoms with Crippen LogP contribution in [0.4, 0.5) is 0 Å². The second-order valence-corrected chi connectivity index (χ2v) is 5.86. The zero-order valence-electron chi connectivity index (χ0n) is 12.0. The average molecular weight is 266 g/mol. The maximum absolute atomic E-state index is 4.32. The maximum Gasteiger partial charge on any atom is 0.0300 e. The van der Waals surface area contributed by atoms with Crippen molar-refractivity contribution in [2.75, 3.05) is 6.54 Å². The number of aromatic nitrogens is 1. The lowest BCUT2D eigenvalue weighted by Gasteiger charge is -2.18. The molecule has 2 aromatic rings. The lowest BCUT2D eigenvalue weighted by molar-refractivity contribution is 0.576. The normalized spacial score (nSPS) is 16.1. The summed E-state index contributed by atoms with van der Waals surface area (Å²) in [5.41, 5.74) is 3.99. The predicted molar refractivity (Wildman–Crippen MR) is 82.9 cm³/mol. The summed E-state index contributed by atoms with van der Waals surface area (Å²) < 4.78 is 0. The minimum Gasteiger partial charge on any atom is -0.313 e. The van der Waals surface area contributed by atoms with Gasteiger partial charge in [-0.15, -0.1) is 0 Å². The first-order valence-electron chi connectivity index (χ1n) is 7.50. The van der Waals surface area contributed by atoms with Gasteiger partial charge in [-0.2, -0.15) is 0 Å². The zero-order chi connectivity index (χ0) is 13.8. The molecule has 1 saturated carbocycles. The Morgan fingerprint density at radius 2 is 2.00 bits per heavy atom. The monoisotopic (exact) mass is 266 g/mol. The van der Waals surface area contributed by atoms with E-state index in [0.717, 1.165) is 19.0 Å². The van der Waals surface area contributed by atoms with E-state index in [4.69, 9.17) is 0 Å². The highest BCUT2D eigenvalue weighted by Gasteiger charge is 2.22. The molecule has 3 rings (SSSR count). The molecule has 0 radical (unpaired) electrons. The molecule has 1 aliphatic rings. The van der Waals surface area contributed by atoms with E-state index in [9.17, 15) is 0 Å². The second-order valence-electron chi connectivity index (χ2n) is 5.86. The Kier molecular flexibility index (Phi) is 4.12. The van der Waals surface area contributed by atoms with Gasteiger partial charge in [-0.25, -0.2) is 0 Å². The second kappa shape index (κ2) is 6.19. The molecule has 0 bridgehead atoms. The largest absolute Gasteiger partial charge is 0.313 e. The first-order valence-corrected chi connectivity index (χ1v) is 7.50. The molecule has 1 unspecified atom stereocenters. The summed E-state index contributed by atoms with van der Waals surface area (Å²) in [5, 5.41) is 3.67. The van der Waals surface area contributed by atoms with Crippen LogP contribution in [0.2, 0.25) is 0 Å². The highest BCUT2D eigenvalue weighted by molar-refractivity contribution is 5.25. The van der Waals surface area contributed by atoms with Crippen molar-refractivity contribution in [2.24, 2.45) is 0 Å². The van der Waals surface area contributed by atoms with Gasteiger partial charge in [0.1, 0.15) is 0 Å². The van der Waals surface area contributed by atoms with Crippen LogP contribution in [0.1, 0.15) is 35.4 Å². The third-order valence-electron chi connectivity index (χ3n) is 3.91. The van der Waals surface area contributed by atoms with Crippen LogP contribution in [0, 0.1) is 6.92 Å². The molecule has 0 saturated heterocycles. The Morgan fingerprint density at radius 1 is 1.20 bits per heavy atom. The predicted octanol–water partition coefficient (Wildman–Crippen LogP) is 3.47. The fourth-order valence-corrected chi connectivity index (χ4v) is 2.64. The minimum atomic E-state index is 0.528. The molecule has 0 aliphatic heterocycles. The lowest BCUT2D eigenvalue weighted by atomic mass is 9.92. The van der Waals surface area contributed by atoms with Gasteiger partial charge in [-0.3, -0.25) is 4.98 Å². The van der Waals surface area contributed by atoms with Gasteiger partial charge in [0.15, 0.2) is 0 Å². The Balaban J connectivity index is 1.73. The van der Waals surface area contributed by atoms with Crippen molar-refractivity contribution in [1.82, 2.24) is 10.3 Å². The van der Waals surface area contributed by atoms with E-state index in [0.29, 0.717) is 5.92 Å². The number of nitrogens with zero attached hydrogens (tertiary/aromatic N) is 1. The highest BCUT2D eigenvalue weighted by atomic mass is 14.9. The van der Waals surface area contributed by atoms with Crippen LogP contribution in [0.5, 0.6) is 0 Å². The number of pyridine rings is 1. The van der Waals surface area contributed by atoms with Gasteiger partial charge >= 0.3 is 0 Å². The molecule has 2 heteroatoms. The first-order chi connectivity index (χ1) is 9.81. The summed E-state index contributed by atoms with van der Waals surface area (Å²) in [5.74, 6) is 0.528. The summed E-state index contributed by atoms with van der Waals surface area (Å²) in [6.07, 6.45) is 7.66. The van der Waals surface area contributed by atoms with Gasteiger partial charge in [-0.1, -0.05) is 36.4 Å². The van der Waals surface area contributed by atoms with Crippen LogP contribution in [-0.4, -0.2) is 17.6 Å². The van der Waals surface area contributed by atoms with Crippen LogP contribution < -0.4 is 5.32 Å². The van der Waals surface area contributed by atoms with Crippen molar-refractivity contribution in [3.05, 3.63) is 65.5 Å². The molecule has 1 aliphatic carbocycles. The smallest absolute Gasteiger partial charge is 0.0300 e. The van der Waals surface area contributed by atoms with Gasteiger partial charge in [0, 0.05) is 30.9 Å². The third-order valence-corrected chi connectivity index (χ3v) is 3.91. The van der Waals surface area contributed by atoms with Crippen molar-refractivity contribution in [2.45, 2.75) is 38.1 Å². The lowest BCUT2D eigenvalue weighted by Crippen LogP contribution is -2.24. The van der Waals surface area contributed by atoms with Gasteiger partial charge in [0.2, 0.25) is 0 Å². The molecule has 104 valence electrons. The summed E-state index contributed by atoms with van der Waals surface area (Å²) in [6, 6.07) is 13.8. The van der Waals surface area contributed by atoms with Crippen molar-refractivity contribution in [3.8, 4) is 0 Å². The molecule has 1 fully saturated rings. The minimum absolute atomic E-state index is 0.528. The Hall–Kier alpha value is -1.67. The van der Waals surface area contributed by atoms with Gasteiger partial charge in [0.25, 0.3) is 0 Å². The number of hydrogen-bond donors (Lipinski definition) is 1. The number of hydrogen-bond acceptors (Lipinski definition) is 2. The molecule has 2 nitrogen and oxygen atoms in total. The van der Waals surface area contributed by atoms with E-state index in [-0.39, 0.29) is 0 Å². The average Bonchev–Trinajstić information content (AvgIpc) is 3.29. The van der Waals surface area contributed by atoms with E-state index < -0.39 is 0 Å². The molecular formula is C18H22N2. The molecule has 1 aromatic heterocycles. The van der Waals surface area contributed by atoms with Crippen molar-refractivity contribution in [1.29, 1.82) is 0 Å². The highest BCUT2D eigenvalue weighted by Crippen LogP contribution is 2.24. The maximum atomic E-state index is 4.32. The standard InChI is InChI=1S/C18H22N2/c1-14-9-15(12-19-11-14)10-17(13-20-18-7-8-18)16-5-3-2-4-6-16/h2-6,9,11-12,17-18,20H,7-8,10,13H2,1H3. The van der Waals surface area contributed by atoms with Crippen molar-refractivity contribution in [3.63, 3.8) is 0 Å². The summed E-state index contributed by atoms with van der Waals surface area (Å²) >= 11 is 0. The molecule has 20 heavy (non-hydrogen) atoms. The van der Waals surface area contributed by atoms with E-state index in [1.807, 2.05) is 12.4 Å². The van der Waals surface area contributed by atoms with Crippen LogP contribution in [-0.2, 0) is 6.42 Å². The number of aryl methyl sites for hydroxylation is 1. The fourth-order valence-electron chi connectivity index (χ4n) is 2.64. The molecule has 0 amide bonds. The molecule has 1 atom stereocenters. The fraction of sp³-hybridized carbons (Fsp3) is 0.389. The van der Waals surface area contributed by atoms with Gasteiger partial charge < -0.3 is 5.32 Å². The van der Waals surface area contributed by atoms with Gasteiger partial charge in [-0.05, 0) is 42.9 Å². The summed E-state index contributed by atoms with van der Waals surface area (Å²) in [4.78, 5) is 4.32. The van der Waals surface area contributed by atoms with E-state index in [1.165, 1.54) is 29.5 Å². The van der Waals surface area contributed by atoms with Crippen molar-refractivity contribution < 1.29 is 0 Å². The van der Waals surface area contributed by atoms with Crippen LogP contribution in [0.3, 0.4) is 0 Å². The Labute approximate surface area is 121 Å². The van der Waals surface area contributed by atoms with E-state index in [2.05, 4.69) is 53.6 Å². The van der Waals surface area contributed by atoms with E-state index >= 15 is 0 Å². The van der Waals surface area contributed by atoms with Crippen molar-refractivity contribution >= 4 is 0 Å². The quantitative estimate of drug-likeness (QED) is 0.866. The number of nitrogens with one attached hydrogen (secondary N) is 1. The molecular weight excluding hydrogens is 244 g/mol. The topological polar surface area (TPSA) is 24.9 Å². The summed E-state index contributed by atoms with van der Waals surface area (Å²) in [6.45, 7) is 3.17. The number of benzene rings is 1. The Bertz CT molecular complexity index is 546. The van der Waals surface area contributed by atoms with E-state index in [1.54, 1.807) is 0 Å². The number of rotatable bonds is 6. The van der Waals surface area contributed by atoms with Crippen LogP contribution >= 0.6 is 0 Å². The van der Waals surface area contributed by atoms with Gasteiger partial charge in [0.05, 0.1) is 0 Å². The molecule has 0 spiro atoms. The third kappa shape index (κ3) is 3.67. The summed E-state index contributed by atoms with van der Waals surface area (Å²) in [7, 11) is 0. The van der Waals surface area contributed by atoms with Crippen LogP contribution in [0.15, 0.2) is 48.8 Å². The molecule has 1 aromatic carbocycles. The Morgan fingerprint density at radius 3 is 2.70 bits per heavy atom. The first kappa shape index (κ1) is 13.3. The molecule has 1 N–H and O–H groups in total. The molecule has 1 heterocycles. The van der Waals surface area contributed by atoms with Crippen LogP contribution in [0.25, 0.3) is 0 Å². The SMILES string of the molecule is Cc1cncc(CC(CNC2CC2)c2ccccc2)c1.